The van der Waals surface area contributed by atoms with Crippen molar-refractivity contribution in [3.63, 3.8) is 0 Å². The number of carbonyl (C=O) groups excluding carboxylic acids is 1. The Morgan fingerprint density at radius 3 is 2.37 bits per heavy atom. The summed E-state index contributed by atoms with van der Waals surface area (Å²) in [5.41, 5.74) is 2.94. The Bertz CT molecular complexity index is 1890. The van der Waals surface area contributed by atoms with E-state index in [1.807, 2.05) is 12.1 Å². The second-order valence-electron chi connectivity index (χ2n) is 13.3. The lowest BCUT2D eigenvalue weighted by molar-refractivity contribution is 0.0606. The molecule has 3 saturated heterocycles. The van der Waals surface area contributed by atoms with Gasteiger partial charge in [0, 0.05) is 36.8 Å². The van der Waals surface area contributed by atoms with Crippen LogP contribution in [-0.2, 0) is 15.4 Å². The van der Waals surface area contributed by atoms with Gasteiger partial charge in [-0.2, -0.15) is 0 Å². The van der Waals surface area contributed by atoms with E-state index in [-0.39, 0.29) is 22.7 Å². The predicted molar refractivity (Wildman–Crippen MR) is 172 cm³/mol. The van der Waals surface area contributed by atoms with E-state index in [0.29, 0.717) is 44.1 Å². The molecular weight excluding hydrogens is 608 g/mol. The molecule has 1 amide bonds. The summed E-state index contributed by atoms with van der Waals surface area (Å²) in [5, 5.41) is 5.17. The maximum atomic E-state index is 14.6. The van der Waals surface area contributed by atoms with E-state index in [9.17, 15) is 22.0 Å². The number of carbonyl (C=O) groups is 1. The van der Waals surface area contributed by atoms with Crippen molar-refractivity contribution >= 4 is 27.0 Å². The van der Waals surface area contributed by atoms with Crippen LogP contribution in [0.3, 0.4) is 0 Å². The van der Waals surface area contributed by atoms with Crippen LogP contribution < -0.4 is 5.14 Å². The monoisotopic (exact) mass is 647 g/mol. The van der Waals surface area contributed by atoms with Crippen molar-refractivity contribution in [2.24, 2.45) is 5.14 Å². The van der Waals surface area contributed by atoms with Crippen LogP contribution in [0.2, 0.25) is 0 Å². The maximum Gasteiger partial charge on any atom is 0.253 e. The third-order valence-corrected chi connectivity index (χ3v) is 11.7. The highest BCUT2D eigenvalue weighted by Crippen LogP contribution is 2.45. The molecule has 4 heterocycles. The number of benzene rings is 3. The first kappa shape index (κ1) is 31.0. The van der Waals surface area contributed by atoms with Crippen LogP contribution in [0.1, 0.15) is 72.7 Å². The second-order valence-corrected chi connectivity index (χ2v) is 14.8. The van der Waals surface area contributed by atoms with Gasteiger partial charge in [-0.05, 0) is 112 Å². The average Bonchev–Trinajstić information content (AvgIpc) is 3.49. The number of amides is 1. The summed E-state index contributed by atoms with van der Waals surface area (Å²) in [6.07, 6.45) is 6.60. The number of primary sulfonamides is 1. The summed E-state index contributed by atoms with van der Waals surface area (Å²) >= 11 is 0. The highest BCUT2D eigenvalue weighted by molar-refractivity contribution is 7.89. The fourth-order valence-electron chi connectivity index (χ4n) is 8.47. The zero-order valence-corrected chi connectivity index (χ0v) is 26.7. The number of nitrogens with zero attached hydrogens (tertiary/aromatic N) is 4. The molecule has 2 bridgehead atoms. The summed E-state index contributed by atoms with van der Waals surface area (Å²) in [6, 6.07) is 19.8. The van der Waals surface area contributed by atoms with Gasteiger partial charge in [-0.15, -0.1) is 0 Å². The number of hydrogen-bond acceptors (Lipinski definition) is 5. The van der Waals surface area contributed by atoms with Gasteiger partial charge in [0.2, 0.25) is 10.0 Å². The Morgan fingerprint density at radius 1 is 0.957 bits per heavy atom. The molecule has 1 aromatic heterocycles. The van der Waals surface area contributed by atoms with E-state index in [1.165, 1.54) is 30.5 Å². The topological polar surface area (TPSA) is 102 Å². The fraction of sp³-hybridized carbons (Fsp3) is 0.429. The summed E-state index contributed by atoms with van der Waals surface area (Å²) in [6.45, 7) is 3.83. The van der Waals surface area contributed by atoms with Gasteiger partial charge in [0.25, 0.3) is 5.91 Å². The van der Waals surface area contributed by atoms with Crippen LogP contribution in [0.15, 0.2) is 71.6 Å². The van der Waals surface area contributed by atoms with E-state index >= 15 is 0 Å². The van der Waals surface area contributed by atoms with Crippen molar-refractivity contribution in [3.8, 4) is 0 Å². The van der Waals surface area contributed by atoms with Gasteiger partial charge < -0.3 is 9.47 Å². The van der Waals surface area contributed by atoms with Gasteiger partial charge in [0.05, 0.1) is 11.0 Å². The normalized spacial score (nSPS) is 23.2. The lowest BCUT2D eigenvalue weighted by atomic mass is 9.70. The van der Waals surface area contributed by atoms with Crippen molar-refractivity contribution in [1.82, 2.24) is 19.4 Å². The summed E-state index contributed by atoms with van der Waals surface area (Å²) in [7, 11) is -4.32. The third kappa shape index (κ3) is 5.62. The number of para-hydroxylation sites is 2. The fourth-order valence-corrected chi connectivity index (χ4v) is 9.10. The number of piperidine rings is 2. The van der Waals surface area contributed by atoms with Crippen molar-refractivity contribution < 1.29 is 22.0 Å². The number of hydrogen-bond donors (Lipinski definition) is 1. The lowest BCUT2D eigenvalue weighted by Gasteiger charge is -2.45. The van der Waals surface area contributed by atoms with Gasteiger partial charge in [-0.25, -0.2) is 27.3 Å². The molecule has 2 N–H and O–H groups in total. The molecule has 2 atom stereocenters. The average molecular weight is 648 g/mol. The molecule has 3 aliphatic heterocycles. The molecule has 3 fully saturated rings. The van der Waals surface area contributed by atoms with Gasteiger partial charge in [0.1, 0.15) is 22.4 Å². The molecule has 8 nitrogen and oxygen atoms in total. The van der Waals surface area contributed by atoms with Crippen molar-refractivity contribution in [3.05, 3.63) is 95.3 Å². The van der Waals surface area contributed by atoms with Crippen LogP contribution >= 0.6 is 0 Å². The molecule has 46 heavy (non-hydrogen) atoms. The minimum Gasteiger partial charge on any atom is -0.339 e. The molecule has 4 aromatic rings. The second kappa shape index (κ2) is 11.8. The number of aryl methyl sites for hydroxylation is 1. The number of sulfonamides is 1. The van der Waals surface area contributed by atoms with E-state index in [4.69, 9.17) is 10.1 Å². The molecule has 0 radical (unpaired) electrons. The van der Waals surface area contributed by atoms with Crippen LogP contribution in [0.4, 0.5) is 8.78 Å². The zero-order chi connectivity index (χ0) is 32.2. The number of imidazole rings is 1. The van der Waals surface area contributed by atoms with Gasteiger partial charge in [-0.3, -0.25) is 9.69 Å². The molecule has 2 unspecified atom stereocenters. The first-order valence-electron chi connectivity index (χ1n) is 16.1. The molecule has 0 spiro atoms. The highest BCUT2D eigenvalue weighted by Gasteiger charge is 2.44. The summed E-state index contributed by atoms with van der Waals surface area (Å²) < 4.78 is 54.8. The number of halogens is 2. The van der Waals surface area contributed by atoms with E-state index in [0.717, 1.165) is 54.8 Å². The Labute approximate surface area is 268 Å². The van der Waals surface area contributed by atoms with Gasteiger partial charge in [-0.1, -0.05) is 24.3 Å². The van der Waals surface area contributed by atoms with Crippen LogP contribution in [0, 0.1) is 18.6 Å². The van der Waals surface area contributed by atoms with Crippen LogP contribution in [0.25, 0.3) is 11.0 Å². The predicted octanol–water partition coefficient (Wildman–Crippen LogP) is 5.70. The number of likely N-dealkylation sites (tertiary alicyclic amines) is 1. The molecule has 11 heteroatoms. The quantitative estimate of drug-likeness (QED) is 0.277. The molecule has 3 aliphatic rings. The lowest BCUT2D eigenvalue weighted by Crippen LogP contribution is -2.49. The number of rotatable bonds is 7. The molecule has 7 rings (SSSR count). The van der Waals surface area contributed by atoms with Crippen molar-refractivity contribution in [2.45, 2.75) is 80.3 Å². The van der Waals surface area contributed by atoms with E-state index in [1.54, 1.807) is 17.0 Å². The minimum absolute atomic E-state index is 0.0732. The van der Waals surface area contributed by atoms with Crippen molar-refractivity contribution in [2.75, 3.05) is 19.6 Å². The Kier molecular flexibility index (Phi) is 7.97. The standard InChI is InChI=1S/C35H39F2N5O3S/c1-23-39-31-7-2-3-8-32(31)42(23)29-21-27-10-11-28(22-29)41(27)18-15-35(25-5-4-6-26(36)20-25)13-16-40(17-14-35)34(43)24-9-12-30(37)33(19-24)46(38,44)45/h2-9,12,19-20,27-29H,10-11,13-18,21-22H2,1H3,(H2,38,44,45). The molecule has 3 aromatic carbocycles. The molecule has 242 valence electrons. The SMILES string of the molecule is Cc1nc2ccccc2n1C1CC2CCC(C1)N2CCC1(c2cccc(F)c2)CCN(C(=O)c2ccc(F)c(S(N)(=O)=O)c2)CC1. The summed E-state index contributed by atoms with van der Waals surface area (Å²) in [5.74, 6) is -0.581. The first-order chi connectivity index (χ1) is 22.0. The van der Waals surface area contributed by atoms with Crippen LogP contribution in [-0.4, -0.2) is 65.4 Å². The third-order valence-electron chi connectivity index (χ3n) is 10.8. The zero-order valence-electron chi connectivity index (χ0n) is 25.9. The van der Waals surface area contributed by atoms with Gasteiger partial charge in [0.15, 0.2) is 0 Å². The van der Waals surface area contributed by atoms with Crippen LogP contribution in [0.5, 0.6) is 0 Å². The number of fused-ring (bicyclic) bond motifs is 3. The molecule has 0 aliphatic carbocycles. The first-order valence-corrected chi connectivity index (χ1v) is 17.6. The Hall–Kier alpha value is -3.67. The molecular formula is C35H39F2N5O3S. The Morgan fingerprint density at radius 2 is 1.67 bits per heavy atom. The largest absolute Gasteiger partial charge is 0.339 e. The van der Waals surface area contributed by atoms with Crippen molar-refractivity contribution in [1.29, 1.82) is 0 Å². The smallest absolute Gasteiger partial charge is 0.253 e. The van der Waals surface area contributed by atoms with Gasteiger partial charge >= 0.3 is 0 Å². The Balaban J connectivity index is 1.08. The minimum atomic E-state index is -4.32. The molecule has 0 saturated carbocycles. The van der Waals surface area contributed by atoms with E-state index in [2.05, 4.69) is 34.6 Å². The highest BCUT2D eigenvalue weighted by atomic mass is 32.2. The number of nitrogens with two attached hydrogens (primary N) is 1. The number of aromatic nitrogens is 2. The van der Waals surface area contributed by atoms with E-state index < -0.39 is 20.7 Å². The maximum absolute atomic E-state index is 14.6. The summed E-state index contributed by atoms with van der Waals surface area (Å²) in [4.78, 5) is 21.9.